The third-order valence-electron chi connectivity index (χ3n) is 2.61. The van der Waals surface area contributed by atoms with Crippen LogP contribution in [0.3, 0.4) is 0 Å². The van der Waals surface area contributed by atoms with Gasteiger partial charge in [0.05, 0.1) is 5.02 Å². The topological polar surface area (TPSA) is 69.2 Å². The van der Waals surface area contributed by atoms with Gasteiger partial charge in [-0.25, -0.2) is 12.8 Å². The molecule has 21 heavy (non-hydrogen) atoms. The van der Waals surface area contributed by atoms with E-state index in [9.17, 15) is 17.4 Å². The average Bonchev–Trinajstić information content (AvgIpc) is 2.39. The van der Waals surface area contributed by atoms with Crippen molar-refractivity contribution in [3.05, 3.63) is 64.9 Å². The van der Waals surface area contributed by atoms with Crippen molar-refractivity contribution in [3.8, 4) is 0 Å². The maximum absolute atomic E-state index is 13.1. The van der Waals surface area contributed by atoms with E-state index >= 15 is 0 Å². The minimum Gasteiger partial charge on any atom is -0.746 e. The molecule has 0 amide bonds. The Kier molecular flexibility index (Phi) is 6.65. The van der Waals surface area contributed by atoms with Crippen LogP contribution in [0.2, 0.25) is 5.02 Å². The molecule has 2 rings (SSSR count). The maximum atomic E-state index is 13.1. The molecule has 106 valence electrons. The number of rotatable bonds is 4. The second-order valence-electron chi connectivity index (χ2n) is 4.06. The standard InChI is InChI=1S/C13H11ClFNO3S.Na/c14-11-8-10(6-7-12(11)15)16-13(20(17,18)19)9-4-2-1-3-5-9;/h1-8,13,16H,(H,17,18,19);/q;+1/p-1. The van der Waals surface area contributed by atoms with Crippen LogP contribution in [0.25, 0.3) is 0 Å². The Hall–Kier alpha value is -0.630. The number of hydrogen-bond acceptors (Lipinski definition) is 4. The third kappa shape index (κ3) is 4.95. The van der Waals surface area contributed by atoms with E-state index in [0.717, 1.165) is 6.07 Å². The number of nitrogens with one attached hydrogen (secondary N) is 1. The van der Waals surface area contributed by atoms with Crippen molar-refractivity contribution >= 4 is 27.4 Å². The molecule has 4 nitrogen and oxygen atoms in total. The molecule has 0 bridgehead atoms. The molecular formula is C13H10ClFNNaO3S. The van der Waals surface area contributed by atoms with Crippen molar-refractivity contribution in [2.24, 2.45) is 0 Å². The molecular weight excluding hydrogens is 328 g/mol. The van der Waals surface area contributed by atoms with Crippen LogP contribution in [0.1, 0.15) is 10.9 Å². The summed E-state index contributed by atoms with van der Waals surface area (Å²) in [6.45, 7) is 0. The van der Waals surface area contributed by atoms with Gasteiger partial charge in [-0.05, 0) is 23.8 Å². The van der Waals surface area contributed by atoms with Crippen LogP contribution in [0.4, 0.5) is 10.1 Å². The molecule has 0 aliphatic carbocycles. The van der Waals surface area contributed by atoms with Gasteiger partial charge in [0.2, 0.25) is 0 Å². The van der Waals surface area contributed by atoms with Gasteiger partial charge >= 0.3 is 29.6 Å². The van der Waals surface area contributed by atoms with E-state index in [1.807, 2.05) is 0 Å². The first-order valence-corrected chi connectivity index (χ1v) is 7.44. The van der Waals surface area contributed by atoms with Crippen LogP contribution < -0.4 is 34.9 Å². The van der Waals surface area contributed by atoms with Crippen molar-refractivity contribution in [2.75, 3.05) is 5.32 Å². The molecule has 0 saturated carbocycles. The van der Waals surface area contributed by atoms with Crippen molar-refractivity contribution < 1.29 is 46.9 Å². The molecule has 0 spiro atoms. The number of halogens is 2. The molecule has 8 heteroatoms. The van der Waals surface area contributed by atoms with Gasteiger partial charge in [-0.15, -0.1) is 0 Å². The van der Waals surface area contributed by atoms with E-state index in [4.69, 9.17) is 11.6 Å². The molecule has 0 radical (unpaired) electrons. The fraction of sp³-hybridized carbons (Fsp3) is 0.0769. The van der Waals surface area contributed by atoms with Gasteiger partial charge in [0.25, 0.3) is 0 Å². The van der Waals surface area contributed by atoms with Gasteiger partial charge in [0, 0.05) is 5.69 Å². The Balaban J connectivity index is 0.00000220. The van der Waals surface area contributed by atoms with E-state index in [-0.39, 0.29) is 40.3 Å². The van der Waals surface area contributed by atoms with E-state index in [1.54, 1.807) is 18.2 Å². The molecule has 1 unspecified atom stereocenters. The Bertz CT molecular complexity index is 713. The summed E-state index contributed by atoms with van der Waals surface area (Å²) in [6, 6.07) is 11.6. The van der Waals surface area contributed by atoms with Crippen molar-refractivity contribution in [2.45, 2.75) is 5.37 Å². The normalized spacial score (nSPS) is 12.3. The van der Waals surface area contributed by atoms with E-state index in [2.05, 4.69) is 5.32 Å². The molecule has 0 aromatic heterocycles. The summed E-state index contributed by atoms with van der Waals surface area (Å²) >= 11 is 5.61. The van der Waals surface area contributed by atoms with Crippen LogP contribution in [-0.2, 0) is 10.1 Å². The van der Waals surface area contributed by atoms with Crippen LogP contribution in [0.5, 0.6) is 0 Å². The minimum atomic E-state index is -4.64. The number of anilines is 1. The zero-order valence-corrected chi connectivity index (χ0v) is 14.7. The first-order valence-electron chi connectivity index (χ1n) is 5.59. The smallest absolute Gasteiger partial charge is 0.746 e. The van der Waals surface area contributed by atoms with E-state index in [0.29, 0.717) is 5.56 Å². The molecule has 1 atom stereocenters. The monoisotopic (exact) mass is 337 g/mol. The molecule has 0 heterocycles. The summed E-state index contributed by atoms with van der Waals surface area (Å²) < 4.78 is 47.1. The molecule has 0 saturated heterocycles. The fourth-order valence-electron chi connectivity index (χ4n) is 1.69. The van der Waals surface area contributed by atoms with Gasteiger partial charge in [-0.3, -0.25) is 0 Å². The molecule has 0 aliphatic rings. The van der Waals surface area contributed by atoms with Crippen molar-refractivity contribution in [3.63, 3.8) is 0 Å². The van der Waals surface area contributed by atoms with Crippen LogP contribution in [-0.4, -0.2) is 13.0 Å². The second-order valence-corrected chi connectivity index (χ2v) is 5.92. The van der Waals surface area contributed by atoms with Crippen LogP contribution in [0, 0.1) is 5.82 Å². The summed E-state index contributed by atoms with van der Waals surface area (Å²) in [4.78, 5) is 0. The SMILES string of the molecule is O=S(=O)([O-])C(Nc1ccc(F)c(Cl)c1)c1ccccc1.[Na+]. The van der Waals surface area contributed by atoms with Gasteiger partial charge in [0.15, 0.2) is 0 Å². The Morgan fingerprint density at radius 3 is 2.29 bits per heavy atom. The molecule has 1 N–H and O–H groups in total. The minimum absolute atomic E-state index is 0. The fourth-order valence-corrected chi connectivity index (χ4v) is 2.64. The molecule has 2 aromatic rings. The van der Waals surface area contributed by atoms with Crippen LogP contribution >= 0.6 is 11.6 Å². The van der Waals surface area contributed by atoms with E-state index < -0.39 is 21.3 Å². The summed E-state index contributed by atoms with van der Waals surface area (Å²) in [5.41, 5.74) is 0.535. The Labute approximate surface area is 149 Å². The maximum Gasteiger partial charge on any atom is 1.00 e. The second kappa shape index (κ2) is 7.58. The van der Waals surface area contributed by atoms with Crippen molar-refractivity contribution in [1.82, 2.24) is 0 Å². The van der Waals surface area contributed by atoms with Crippen LogP contribution in [0.15, 0.2) is 48.5 Å². The van der Waals surface area contributed by atoms with E-state index in [1.165, 1.54) is 24.3 Å². The summed E-state index contributed by atoms with van der Waals surface area (Å²) in [6.07, 6.45) is 0. The summed E-state index contributed by atoms with van der Waals surface area (Å²) in [5.74, 6) is -0.626. The quantitative estimate of drug-likeness (QED) is 0.636. The predicted molar refractivity (Wildman–Crippen MR) is 73.9 cm³/mol. The number of hydrogen-bond donors (Lipinski definition) is 1. The van der Waals surface area contributed by atoms with Crippen molar-refractivity contribution in [1.29, 1.82) is 0 Å². The summed E-state index contributed by atoms with van der Waals surface area (Å²) in [7, 11) is -4.64. The Morgan fingerprint density at radius 1 is 1.14 bits per heavy atom. The van der Waals surface area contributed by atoms with Gasteiger partial charge < -0.3 is 9.87 Å². The molecule has 0 fully saturated rings. The van der Waals surface area contributed by atoms with Gasteiger partial charge in [-0.2, -0.15) is 0 Å². The third-order valence-corrected chi connectivity index (χ3v) is 3.87. The molecule has 0 aliphatic heterocycles. The largest absolute Gasteiger partial charge is 1.00 e. The average molecular weight is 338 g/mol. The zero-order valence-electron chi connectivity index (χ0n) is 11.1. The van der Waals surface area contributed by atoms with Gasteiger partial charge in [-0.1, -0.05) is 41.9 Å². The van der Waals surface area contributed by atoms with Gasteiger partial charge in [0.1, 0.15) is 21.3 Å². The number of benzene rings is 2. The first kappa shape index (κ1) is 18.4. The molecule has 2 aromatic carbocycles. The Morgan fingerprint density at radius 2 is 1.76 bits per heavy atom. The predicted octanol–water partition coefficient (Wildman–Crippen LogP) is 0.139. The summed E-state index contributed by atoms with van der Waals surface area (Å²) in [5, 5.41) is 0.922. The zero-order chi connectivity index (χ0) is 14.8. The first-order chi connectivity index (χ1) is 9.38.